The Kier molecular flexibility index (Phi) is 3.89. The van der Waals surface area contributed by atoms with Crippen LogP contribution in [0.1, 0.15) is 26.2 Å². The maximum atomic E-state index is 11.9. The average Bonchev–Trinajstić information content (AvgIpc) is 3.11. The standard InChI is InChI=1S/C13H16ClNO2/c1-2-11(13(16)15-9-7-8-9)17-12-6-4-3-5-10(12)14/h3-6,9,11H,2,7-8H2,1H3,(H,15,16)/t11-/m0/s1. The molecule has 3 nitrogen and oxygen atoms in total. The zero-order valence-corrected chi connectivity index (χ0v) is 10.5. The minimum Gasteiger partial charge on any atom is -0.479 e. The Labute approximate surface area is 106 Å². The molecule has 1 aromatic carbocycles. The first-order valence-corrected chi connectivity index (χ1v) is 6.30. The van der Waals surface area contributed by atoms with Gasteiger partial charge in [0.15, 0.2) is 6.10 Å². The van der Waals surface area contributed by atoms with Crippen molar-refractivity contribution in [1.82, 2.24) is 5.32 Å². The van der Waals surface area contributed by atoms with Gasteiger partial charge in [0, 0.05) is 6.04 Å². The van der Waals surface area contributed by atoms with E-state index in [1.807, 2.05) is 19.1 Å². The number of para-hydroxylation sites is 1. The molecule has 0 radical (unpaired) electrons. The normalized spacial score (nSPS) is 16.4. The van der Waals surface area contributed by atoms with Gasteiger partial charge in [-0.3, -0.25) is 4.79 Å². The highest BCUT2D eigenvalue weighted by atomic mass is 35.5. The quantitative estimate of drug-likeness (QED) is 0.876. The highest BCUT2D eigenvalue weighted by Crippen LogP contribution is 2.25. The Morgan fingerprint density at radius 2 is 2.24 bits per heavy atom. The lowest BCUT2D eigenvalue weighted by atomic mass is 10.2. The van der Waals surface area contributed by atoms with Gasteiger partial charge in [0.2, 0.25) is 0 Å². The van der Waals surface area contributed by atoms with Gasteiger partial charge in [-0.15, -0.1) is 0 Å². The van der Waals surface area contributed by atoms with E-state index in [4.69, 9.17) is 16.3 Å². The van der Waals surface area contributed by atoms with Gasteiger partial charge in [-0.2, -0.15) is 0 Å². The molecule has 0 bridgehead atoms. The van der Waals surface area contributed by atoms with Crippen LogP contribution in [0.2, 0.25) is 5.02 Å². The minimum atomic E-state index is -0.463. The maximum absolute atomic E-state index is 11.9. The van der Waals surface area contributed by atoms with E-state index < -0.39 is 6.10 Å². The first kappa shape index (κ1) is 12.2. The van der Waals surface area contributed by atoms with Crippen molar-refractivity contribution in [3.05, 3.63) is 29.3 Å². The van der Waals surface area contributed by atoms with Crippen LogP contribution in [0.25, 0.3) is 0 Å². The molecule has 1 aliphatic rings. The number of carbonyl (C=O) groups excluding carboxylic acids is 1. The van der Waals surface area contributed by atoms with Gasteiger partial charge in [-0.1, -0.05) is 30.7 Å². The van der Waals surface area contributed by atoms with Crippen molar-refractivity contribution in [3.8, 4) is 5.75 Å². The predicted octanol–water partition coefficient (Wildman–Crippen LogP) is 2.78. The van der Waals surface area contributed by atoms with Crippen molar-refractivity contribution in [2.45, 2.75) is 38.3 Å². The van der Waals surface area contributed by atoms with Crippen LogP contribution in [0.5, 0.6) is 5.75 Å². The third kappa shape index (κ3) is 3.37. The fourth-order valence-corrected chi connectivity index (χ4v) is 1.72. The number of ether oxygens (including phenoxy) is 1. The van der Waals surface area contributed by atoms with Gasteiger partial charge in [0.1, 0.15) is 5.75 Å². The Balaban J connectivity index is 1.98. The second-order valence-corrected chi connectivity index (χ2v) is 4.64. The molecule has 1 saturated carbocycles. The lowest BCUT2D eigenvalue weighted by molar-refractivity contribution is -0.128. The Hall–Kier alpha value is -1.22. The number of carbonyl (C=O) groups is 1. The lowest BCUT2D eigenvalue weighted by Gasteiger charge is -2.17. The predicted molar refractivity (Wildman–Crippen MR) is 67.3 cm³/mol. The number of halogens is 1. The number of rotatable bonds is 5. The molecule has 1 aliphatic carbocycles. The molecule has 1 fully saturated rings. The van der Waals surface area contributed by atoms with Crippen LogP contribution < -0.4 is 10.1 Å². The number of nitrogens with one attached hydrogen (secondary N) is 1. The molecule has 1 aromatic rings. The van der Waals surface area contributed by atoms with Crippen molar-refractivity contribution < 1.29 is 9.53 Å². The summed E-state index contributed by atoms with van der Waals surface area (Å²) in [5.74, 6) is 0.516. The Morgan fingerprint density at radius 3 is 2.82 bits per heavy atom. The van der Waals surface area contributed by atoms with Gasteiger partial charge >= 0.3 is 0 Å². The molecule has 0 aliphatic heterocycles. The fourth-order valence-electron chi connectivity index (χ4n) is 1.54. The number of hydrogen-bond donors (Lipinski definition) is 1. The Bertz CT molecular complexity index is 404. The van der Waals surface area contributed by atoms with E-state index in [2.05, 4.69) is 5.32 Å². The fraction of sp³-hybridized carbons (Fsp3) is 0.462. The summed E-state index contributed by atoms with van der Waals surface area (Å²) in [6.07, 6.45) is 2.32. The molecule has 0 aromatic heterocycles. The molecule has 1 N–H and O–H groups in total. The summed E-state index contributed by atoms with van der Waals surface area (Å²) in [5.41, 5.74) is 0. The largest absolute Gasteiger partial charge is 0.479 e. The van der Waals surface area contributed by atoms with Gasteiger partial charge < -0.3 is 10.1 Å². The summed E-state index contributed by atoms with van der Waals surface area (Å²) in [4.78, 5) is 11.9. The summed E-state index contributed by atoms with van der Waals surface area (Å²) < 4.78 is 5.64. The molecule has 0 unspecified atom stereocenters. The van der Waals surface area contributed by atoms with Crippen LogP contribution in [-0.2, 0) is 4.79 Å². The molecule has 17 heavy (non-hydrogen) atoms. The van der Waals surface area contributed by atoms with E-state index in [0.717, 1.165) is 12.8 Å². The van der Waals surface area contributed by atoms with E-state index in [1.165, 1.54) is 0 Å². The van der Waals surface area contributed by atoms with Crippen molar-refractivity contribution in [2.24, 2.45) is 0 Å². The molecular formula is C13H16ClNO2. The van der Waals surface area contributed by atoms with Crippen LogP contribution in [-0.4, -0.2) is 18.1 Å². The average molecular weight is 254 g/mol. The SMILES string of the molecule is CC[C@H](Oc1ccccc1Cl)C(=O)NC1CC1. The molecule has 0 saturated heterocycles. The summed E-state index contributed by atoms with van der Waals surface area (Å²) in [5, 5.41) is 3.47. The zero-order valence-electron chi connectivity index (χ0n) is 9.78. The summed E-state index contributed by atoms with van der Waals surface area (Å²) >= 11 is 5.99. The van der Waals surface area contributed by atoms with E-state index in [1.54, 1.807) is 12.1 Å². The second kappa shape index (κ2) is 5.41. The molecule has 0 spiro atoms. The zero-order chi connectivity index (χ0) is 12.3. The Morgan fingerprint density at radius 1 is 1.53 bits per heavy atom. The number of hydrogen-bond acceptors (Lipinski definition) is 2. The van der Waals surface area contributed by atoms with Gasteiger partial charge in [-0.05, 0) is 31.4 Å². The highest BCUT2D eigenvalue weighted by molar-refractivity contribution is 6.32. The third-order valence-electron chi connectivity index (χ3n) is 2.69. The lowest BCUT2D eigenvalue weighted by Crippen LogP contribution is -2.39. The molecule has 1 atom stereocenters. The van der Waals surface area contributed by atoms with E-state index in [9.17, 15) is 4.79 Å². The third-order valence-corrected chi connectivity index (χ3v) is 3.01. The van der Waals surface area contributed by atoms with E-state index in [-0.39, 0.29) is 5.91 Å². The smallest absolute Gasteiger partial charge is 0.261 e. The maximum Gasteiger partial charge on any atom is 0.261 e. The van der Waals surface area contributed by atoms with Crippen molar-refractivity contribution in [2.75, 3.05) is 0 Å². The second-order valence-electron chi connectivity index (χ2n) is 4.23. The topological polar surface area (TPSA) is 38.3 Å². The van der Waals surface area contributed by atoms with E-state index >= 15 is 0 Å². The summed E-state index contributed by atoms with van der Waals surface area (Å²) in [6.45, 7) is 1.92. The van der Waals surface area contributed by atoms with Crippen LogP contribution in [0.3, 0.4) is 0 Å². The molecule has 92 valence electrons. The molecule has 1 amide bonds. The van der Waals surface area contributed by atoms with Crippen LogP contribution in [0.4, 0.5) is 0 Å². The number of amides is 1. The van der Waals surface area contributed by atoms with Crippen LogP contribution in [0, 0.1) is 0 Å². The van der Waals surface area contributed by atoms with Crippen molar-refractivity contribution >= 4 is 17.5 Å². The van der Waals surface area contributed by atoms with Gasteiger partial charge in [0.25, 0.3) is 5.91 Å². The van der Waals surface area contributed by atoms with Crippen LogP contribution in [0.15, 0.2) is 24.3 Å². The highest BCUT2D eigenvalue weighted by Gasteiger charge is 2.27. The van der Waals surface area contributed by atoms with Gasteiger partial charge in [0.05, 0.1) is 5.02 Å². The van der Waals surface area contributed by atoms with Crippen LogP contribution >= 0.6 is 11.6 Å². The number of benzene rings is 1. The minimum absolute atomic E-state index is 0.0464. The van der Waals surface area contributed by atoms with Crippen molar-refractivity contribution in [1.29, 1.82) is 0 Å². The molecule has 0 heterocycles. The summed E-state index contributed by atoms with van der Waals surface area (Å²) in [6, 6.07) is 7.55. The van der Waals surface area contributed by atoms with Crippen molar-refractivity contribution in [3.63, 3.8) is 0 Å². The molecule has 2 rings (SSSR count). The first-order chi connectivity index (χ1) is 8.20. The monoisotopic (exact) mass is 253 g/mol. The molecular weight excluding hydrogens is 238 g/mol. The molecule has 4 heteroatoms. The van der Waals surface area contributed by atoms with Gasteiger partial charge in [-0.25, -0.2) is 0 Å². The van der Waals surface area contributed by atoms with E-state index in [0.29, 0.717) is 23.2 Å². The summed E-state index contributed by atoms with van der Waals surface area (Å²) in [7, 11) is 0. The first-order valence-electron chi connectivity index (χ1n) is 5.92.